The molecule has 0 radical (unpaired) electrons. The number of aromatic amines is 1. The summed E-state index contributed by atoms with van der Waals surface area (Å²) >= 11 is 0. The van der Waals surface area contributed by atoms with Gasteiger partial charge in [0.25, 0.3) is 0 Å². The maximum atomic E-state index is 13.5. The average molecular weight is 365 g/mol. The standard InChI is InChI=1S/C22H24FN3O/c1-14-9-15(2)13-26(12-14)18-6-4-17(5-7-18)24-11-20-19-10-16(23)3-8-21(19)25-22(20)27/h3-8,10-11,14-15,25,27H,9,12-13H2,1-2H3. The number of anilines is 1. The number of benzene rings is 2. The molecule has 2 unspecified atom stereocenters. The van der Waals surface area contributed by atoms with Gasteiger partial charge >= 0.3 is 0 Å². The highest BCUT2D eigenvalue weighted by Gasteiger charge is 2.21. The zero-order chi connectivity index (χ0) is 19.0. The summed E-state index contributed by atoms with van der Waals surface area (Å²) < 4.78 is 13.5. The molecule has 2 N–H and O–H groups in total. The molecule has 0 bridgehead atoms. The van der Waals surface area contributed by atoms with Crippen LogP contribution in [0.4, 0.5) is 15.8 Å². The molecule has 4 nitrogen and oxygen atoms in total. The van der Waals surface area contributed by atoms with Crippen molar-refractivity contribution < 1.29 is 9.50 Å². The summed E-state index contributed by atoms with van der Waals surface area (Å²) in [7, 11) is 0. The van der Waals surface area contributed by atoms with E-state index in [1.165, 1.54) is 24.2 Å². The first kappa shape index (κ1) is 17.6. The fraction of sp³-hybridized carbons (Fsp3) is 0.318. The molecule has 0 aliphatic carbocycles. The smallest absolute Gasteiger partial charge is 0.198 e. The zero-order valence-corrected chi connectivity index (χ0v) is 15.6. The molecule has 1 saturated heterocycles. The molecule has 0 spiro atoms. The Labute approximate surface area is 158 Å². The minimum Gasteiger partial charge on any atom is -0.494 e. The van der Waals surface area contributed by atoms with E-state index in [0.29, 0.717) is 28.3 Å². The van der Waals surface area contributed by atoms with Gasteiger partial charge in [0.05, 0.1) is 11.3 Å². The minimum absolute atomic E-state index is 0.00716. The van der Waals surface area contributed by atoms with Crippen molar-refractivity contribution in [2.45, 2.75) is 20.3 Å². The van der Waals surface area contributed by atoms with Crippen molar-refractivity contribution in [2.75, 3.05) is 18.0 Å². The van der Waals surface area contributed by atoms with Gasteiger partial charge < -0.3 is 15.0 Å². The Morgan fingerprint density at radius 3 is 2.52 bits per heavy atom. The Balaban J connectivity index is 1.55. The van der Waals surface area contributed by atoms with Crippen LogP contribution >= 0.6 is 0 Å². The molecule has 2 aromatic carbocycles. The summed E-state index contributed by atoms with van der Waals surface area (Å²) in [5.41, 5.74) is 3.18. The van der Waals surface area contributed by atoms with Crippen molar-refractivity contribution in [2.24, 2.45) is 16.8 Å². The molecule has 3 aromatic rings. The van der Waals surface area contributed by atoms with E-state index >= 15 is 0 Å². The first-order valence-electron chi connectivity index (χ1n) is 9.39. The van der Waals surface area contributed by atoms with Crippen LogP contribution < -0.4 is 4.90 Å². The number of H-pyrrole nitrogens is 1. The van der Waals surface area contributed by atoms with E-state index in [-0.39, 0.29) is 11.7 Å². The van der Waals surface area contributed by atoms with Crippen LogP contribution in [0.3, 0.4) is 0 Å². The van der Waals surface area contributed by atoms with Gasteiger partial charge in [-0.15, -0.1) is 0 Å². The molecule has 0 amide bonds. The molecule has 140 valence electrons. The Hall–Kier alpha value is -2.82. The zero-order valence-electron chi connectivity index (χ0n) is 15.6. The fourth-order valence-electron chi connectivity index (χ4n) is 4.06. The van der Waals surface area contributed by atoms with E-state index < -0.39 is 0 Å². The summed E-state index contributed by atoms with van der Waals surface area (Å²) in [5, 5.41) is 10.7. The third-order valence-corrected chi connectivity index (χ3v) is 5.21. The number of aliphatic imine (C=N–C) groups is 1. The lowest BCUT2D eigenvalue weighted by Gasteiger charge is -2.36. The quantitative estimate of drug-likeness (QED) is 0.623. The van der Waals surface area contributed by atoms with Crippen LogP contribution in [-0.2, 0) is 0 Å². The first-order chi connectivity index (χ1) is 13.0. The molecule has 27 heavy (non-hydrogen) atoms. The van der Waals surface area contributed by atoms with Crippen molar-refractivity contribution in [1.29, 1.82) is 0 Å². The van der Waals surface area contributed by atoms with Crippen LogP contribution in [0.2, 0.25) is 0 Å². The fourth-order valence-corrected chi connectivity index (χ4v) is 4.06. The van der Waals surface area contributed by atoms with E-state index in [2.05, 4.69) is 40.9 Å². The molecule has 2 atom stereocenters. The number of aromatic hydroxyl groups is 1. The molecule has 0 saturated carbocycles. The van der Waals surface area contributed by atoms with E-state index in [1.807, 2.05) is 12.1 Å². The van der Waals surface area contributed by atoms with Gasteiger partial charge in [0, 0.05) is 35.9 Å². The van der Waals surface area contributed by atoms with E-state index in [0.717, 1.165) is 18.8 Å². The van der Waals surface area contributed by atoms with Gasteiger partial charge in [-0.2, -0.15) is 0 Å². The number of nitrogens with one attached hydrogen (secondary N) is 1. The molecule has 4 rings (SSSR count). The first-order valence-corrected chi connectivity index (χ1v) is 9.39. The molecular weight excluding hydrogens is 341 g/mol. The number of rotatable bonds is 3. The summed E-state index contributed by atoms with van der Waals surface area (Å²) in [6.07, 6.45) is 2.86. The summed E-state index contributed by atoms with van der Waals surface area (Å²) in [4.78, 5) is 9.73. The normalized spacial score (nSPS) is 20.6. The lowest BCUT2D eigenvalue weighted by molar-refractivity contribution is 0.357. The minimum atomic E-state index is -0.342. The summed E-state index contributed by atoms with van der Waals surface area (Å²) in [6, 6.07) is 12.5. The number of hydrogen-bond donors (Lipinski definition) is 2. The number of halogens is 1. The predicted octanol–water partition coefficient (Wildman–Crippen LogP) is 5.25. The van der Waals surface area contributed by atoms with Crippen molar-refractivity contribution >= 4 is 28.5 Å². The highest BCUT2D eigenvalue weighted by Crippen LogP contribution is 2.29. The van der Waals surface area contributed by atoms with Gasteiger partial charge in [0.1, 0.15) is 5.82 Å². The Morgan fingerprint density at radius 1 is 1.11 bits per heavy atom. The predicted molar refractivity (Wildman–Crippen MR) is 109 cm³/mol. The second kappa shape index (κ2) is 7.06. The van der Waals surface area contributed by atoms with Crippen molar-refractivity contribution in [3.05, 3.63) is 53.8 Å². The van der Waals surface area contributed by atoms with Crippen LogP contribution in [0.5, 0.6) is 5.88 Å². The Bertz CT molecular complexity index is 967. The van der Waals surface area contributed by atoms with Gasteiger partial charge in [0.2, 0.25) is 0 Å². The molecule has 1 aromatic heterocycles. The number of nitrogens with zero attached hydrogens (tertiary/aromatic N) is 2. The van der Waals surface area contributed by atoms with Crippen LogP contribution in [0.15, 0.2) is 47.5 Å². The van der Waals surface area contributed by atoms with Crippen LogP contribution in [-0.4, -0.2) is 29.4 Å². The van der Waals surface area contributed by atoms with Crippen molar-refractivity contribution in [3.8, 4) is 5.88 Å². The van der Waals surface area contributed by atoms with Gasteiger partial charge in [-0.3, -0.25) is 4.99 Å². The van der Waals surface area contributed by atoms with Gasteiger partial charge in [-0.05, 0) is 60.7 Å². The van der Waals surface area contributed by atoms with Crippen molar-refractivity contribution in [3.63, 3.8) is 0 Å². The maximum Gasteiger partial charge on any atom is 0.198 e. The number of fused-ring (bicyclic) bond motifs is 1. The molecule has 1 aliphatic heterocycles. The van der Waals surface area contributed by atoms with E-state index in [9.17, 15) is 9.50 Å². The monoisotopic (exact) mass is 365 g/mol. The number of piperidine rings is 1. The lowest BCUT2D eigenvalue weighted by Crippen LogP contribution is -2.38. The molecule has 5 heteroatoms. The highest BCUT2D eigenvalue weighted by atomic mass is 19.1. The second-order valence-corrected chi connectivity index (χ2v) is 7.70. The topological polar surface area (TPSA) is 51.6 Å². The number of hydrogen-bond acceptors (Lipinski definition) is 3. The van der Waals surface area contributed by atoms with Gasteiger partial charge in [0.15, 0.2) is 5.88 Å². The molecule has 2 heterocycles. The molecule has 1 fully saturated rings. The van der Waals surface area contributed by atoms with Gasteiger partial charge in [-0.1, -0.05) is 13.8 Å². The van der Waals surface area contributed by atoms with E-state index in [4.69, 9.17) is 0 Å². The molecular formula is C22H24FN3O. The third kappa shape index (κ3) is 3.68. The molecule has 1 aliphatic rings. The highest BCUT2D eigenvalue weighted by molar-refractivity contribution is 6.02. The average Bonchev–Trinajstić information content (AvgIpc) is 2.94. The maximum absolute atomic E-state index is 13.5. The second-order valence-electron chi connectivity index (χ2n) is 7.70. The Kier molecular flexibility index (Phi) is 4.60. The lowest BCUT2D eigenvalue weighted by atomic mass is 9.91. The third-order valence-electron chi connectivity index (χ3n) is 5.21. The van der Waals surface area contributed by atoms with E-state index in [1.54, 1.807) is 12.3 Å². The SMILES string of the molecule is CC1CC(C)CN(c2ccc(N=Cc3c(O)[nH]c4ccc(F)cc34)cc2)C1. The summed E-state index contributed by atoms with van der Waals surface area (Å²) in [5.74, 6) is 1.06. The van der Waals surface area contributed by atoms with Crippen LogP contribution in [0, 0.1) is 17.7 Å². The van der Waals surface area contributed by atoms with Crippen molar-refractivity contribution in [1.82, 2.24) is 4.98 Å². The van der Waals surface area contributed by atoms with Gasteiger partial charge in [-0.25, -0.2) is 4.39 Å². The largest absolute Gasteiger partial charge is 0.494 e. The number of aromatic nitrogens is 1. The van der Waals surface area contributed by atoms with Crippen LogP contribution in [0.1, 0.15) is 25.8 Å². The van der Waals surface area contributed by atoms with Crippen LogP contribution in [0.25, 0.3) is 10.9 Å². The Morgan fingerprint density at radius 2 is 1.81 bits per heavy atom. The summed E-state index contributed by atoms with van der Waals surface area (Å²) in [6.45, 7) is 6.78.